The molecule has 0 radical (unpaired) electrons. The topological polar surface area (TPSA) is 62.9 Å². The number of nitrogens with zero attached hydrogens (tertiary/aromatic N) is 2. The lowest BCUT2D eigenvalue weighted by molar-refractivity contribution is 0.180. The lowest BCUT2D eigenvalue weighted by Gasteiger charge is -2.31. The Hall–Kier alpha value is -1.80. The first-order valence-electron chi connectivity index (χ1n) is 10.2. The Balaban J connectivity index is 0.00000300. The SMILES string of the molecule is CCc1cccc(NC(N)=NCC2CCN(Cc3ccc(OC)cc3)CC2)c1.I. The number of benzene rings is 2. The molecule has 0 unspecified atom stereocenters. The molecule has 0 spiro atoms. The van der Waals surface area contributed by atoms with Gasteiger partial charge in [0.2, 0.25) is 0 Å². The molecular formula is C23H33IN4O. The summed E-state index contributed by atoms with van der Waals surface area (Å²) in [5.74, 6) is 2.02. The van der Waals surface area contributed by atoms with E-state index >= 15 is 0 Å². The van der Waals surface area contributed by atoms with Gasteiger partial charge in [0.1, 0.15) is 5.75 Å². The summed E-state index contributed by atoms with van der Waals surface area (Å²) in [6.45, 7) is 6.16. The van der Waals surface area contributed by atoms with E-state index in [4.69, 9.17) is 10.5 Å². The molecule has 0 bridgehead atoms. The molecule has 5 nitrogen and oxygen atoms in total. The number of likely N-dealkylation sites (tertiary alicyclic amines) is 1. The van der Waals surface area contributed by atoms with Crippen molar-refractivity contribution in [2.24, 2.45) is 16.6 Å². The standard InChI is InChI=1S/C23H32N4O.HI/c1-3-18-5-4-6-21(15-18)26-23(24)25-16-19-11-13-27(14-12-19)17-20-7-9-22(28-2)10-8-20;/h4-10,15,19H,3,11-14,16-17H2,1-2H3,(H3,24,25,26);1H. The van der Waals surface area contributed by atoms with Crippen LogP contribution in [-0.4, -0.2) is 37.6 Å². The van der Waals surface area contributed by atoms with Crippen LogP contribution in [0.2, 0.25) is 0 Å². The number of nitrogens with two attached hydrogens (primary N) is 1. The minimum absolute atomic E-state index is 0. The highest BCUT2D eigenvalue weighted by Crippen LogP contribution is 2.20. The van der Waals surface area contributed by atoms with Crippen molar-refractivity contribution in [3.8, 4) is 5.75 Å². The fraction of sp³-hybridized carbons (Fsp3) is 0.435. The Morgan fingerprint density at radius 1 is 1.14 bits per heavy atom. The maximum absolute atomic E-state index is 6.09. The summed E-state index contributed by atoms with van der Waals surface area (Å²) in [4.78, 5) is 7.09. The van der Waals surface area contributed by atoms with Crippen LogP contribution in [0.4, 0.5) is 5.69 Å². The highest BCUT2D eigenvalue weighted by Gasteiger charge is 2.19. The second-order valence-electron chi connectivity index (χ2n) is 7.47. The quantitative estimate of drug-likeness (QED) is 0.328. The largest absolute Gasteiger partial charge is 0.497 e. The number of guanidine groups is 1. The van der Waals surface area contributed by atoms with E-state index in [9.17, 15) is 0 Å². The van der Waals surface area contributed by atoms with Crippen molar-refractivity contribution in [1.82, 2.24) is 4.90 Å². The first kappa shape index (κ1) is 23.5. The van der Waals surface area contributed by atoms with Gasteiger partial charge >= 0.3 is 0 Å². The van der Waals surface area contributed by atoms with Gasteiger partial charge in [0.25, 0.3) is 0 Å². The third-order valence-corrected chi connectivity index (χ3v) is 5.40. The maximum atomic E-state index is 6.09. The van der Waals surface area contributed by atoms with Crippen molar-refractivity contribution >= 4 is 35.6 Å². The summed E-state index contributed by atoms with van der Waals surface area (Å²) in [6.07, 6.45) is 3.35. The summed E-state index contributed by atoms with van der Waals surface area (Å²) < 4.78 is 5.23. The summed E-state index contributed by atoms with van der Waals surface area (Å²) >= 11 is 0. The van der Waals surface area contributed by atoms with Crippen LogP contribution in [0, 0.1) is 5.92 Å². The summed E-state index contributed by atoms with van der Waals surface area (Å²) in [5, 5.41) is 3.21. The zero-order valence-electron chi connectivity index (χ0n) is 17.4. The van der Waals surface area contributed by atoms with E-state index in [-0.39, 0.29) is 24.0 Å². The van der Waals surface area contributed by atoms with Gasteiger partial charge in [-0.1, -0.05) is 31.2 Å². The number of anilines is 1. The highest BCUT2D eigenvalue weighted by molar-refractivity contribution is 14.0. The molecule has 3 N–H and O–H groups in total. The maximum Gasteiger partial charge on any atom is 0.193 e. The molecule has 0 saturated carbocycles. The molecule has 158 valence electrons. The van der Waals surface area contributed by atoms with E-state index in [1.807, 2.05) is 24.3 Å². The monoisotopic (exact) mass is 508 g/mol. The van der Waals surface area contributed by atoms with Crippen molar-refractivity contribution in [3.05, 3.63) is 59.7 Å². The molecule has 3 rings (SSSR count). The average Bonchev–Trinajstić information content (AvgIpc) is 2.74. The predicted octanol–water partition coefficient (Wildman–Crippen LogP) is 4.51. The zero-order valence-corrected chi connectivity index (χ0v) is 19.8. The van der Waals surface area contributed by atoms with E-state index in [1.54, 1.807) is 7.11 Å². The number of halogens is 1. The predicted molar refractivity (Wildman–Crippen MR) is 132 cm³/mol. The lowest BCUT2D eigenvalue weighted by atomic mass is 9.96. The van der Waals surface area contributed by atoms with Crippen LogP contribution in [0.1, 0.15) is 30.9 Å². The highest BCUT2D eigenvalue weighted by atomic mass is 127. The van der Waals surface area contributed by atoms with Crippen molar-refractivity contribution in [2.45, 2.75) is 32.7 Å². The van der Waals surface area contributed by atoms with Crippen molar-refractivity contribution < 1.29 is 4.74 Å². The van der Waals surface area contributed by atoms with Crippen LogP contribution in [-0.2, 0) is 13.0 Å². The number of hydrogen-bond donors (Lipinski definition) is 2. The zero-order chi connectivity index (χ0) is 19.8. The van der Waals surface area contributed by atoms with E-state index in [2.05, 4.69) is 46.4 Å². The van der Waals surface area contributed by atoms with E-state index < -0.39 is 0 Å². The molecule has 1 heterocycles. The van der Waals surface area contributed by atoms with E-state index in [0.717, 1.165) is 56.9 Å². The van der Waals surface area contributed by atoms with Crippen LogP contribution in [0.5, 0.6) is 5.75 Å². The Morgan fingerprint density at radius 2 is 1.86 bits per heavy atom. The first-order chi connectivity index (χ1) is 13.7. The van der Waals surface area contributed by atoms with Crippen LogP contribution >= 0.6 is 24.0 Å². The summed E-state index contributed by atoms with van der Waals surface area (Å²) in [7, 11) is 1.70. The normalized spacial score (nSPS) is 15.6. The van der Waals surface area contributed by atoms with Crippen LogP contribution < -0.4 is 15.8 Å². The molecule has 2 aromatic rings. The van der Waals surface area contributed by atoms with Crippen LogP contribution in [0.3, 0.4) is 0 Å². The number of methoxy groups -OCH3 is 1. The number of ether oxygens (including phenoxy) is 1. The fourth-order valence-corrected chi connectivity index (χ4v) is 3.60. The number of rotatable bonds is 7. The number of aryl methyl sites for hydroxylation is 1. The molecule has 0 aliphatic carbocycles. The molecule has 1 fully saturated rings. The number of nitrogens with one attached hydrogen (secondary N) is 1. The van der Waals surface area contributed by atoms with Crippen molar-refractivity contribution in [2.75, 3.05) is 32.1 Å². The van der Waals surface area contributed by atoms with Crippen molar-refractivity contribution in [1.29, 1.82) is 0 Å². The Labute approximate surface area is 191 Å². The summed E-state index contributed by atoms with van der Waals surface area (Å²) in [6, 6.07) is 16.7. The molecule has 1 aliphatic rings. The van der Waals surface area contributed by atoms with Gasteiger partial charge in [-0.25, -0.2) is 0 Å². The second-order valence-corrected chi connectivity index (χ2v) is 7.47. The molecular weight excluding hydrogens is 475 g/mol. The summed E-state index contributed by atoms with van der Waals surface area (Å²) in [5.41, 5.74) is 9.72. The molecule has 0 aromatic heterocycles. The third-order valence-electron chi connectivity index (χ3n) is 5.40. The second kappa shape index (κ2) is 12.0. The molecule has 6 heteroatoms. The lowest BCUT2D eigenvalue weighted by Crippen LogP contribution is -2.34. The first-order valence-corrected chi connectivity index (χ1v) is 10.2. The van der Waals surface area contributed by atoms with E-state index in [0.29, 0.717) is 11.9 Å². The van der Waals surface area contributed by atoms with Crippen LogP contribution in [0.25, 0.3) is 0 Å². The van der Waals surface area contributed by atoms with Gasteiger partial charge in [-0.3, -0.25) is 9.89 Å². The minimum Gasteiger partial charge on any atom is -0.497 e. The molecule has 0 atom stereocenters. The van der Waals surface area contributed by atoms with Gasteiger partial charge < -0.3 is 15.8 Å². The van der Waals surface area contributed by atoms with Gasteiger partial charge in [0.15, 0.2) is 5.96 Å². The average molecular weight is 508 g/mol. The number of aliphatic imine (C=N–C) groups is 1. The fourth-order valence-electron chi connectivity index (χ4n) is 3.60. The minimum atomic E-state index is 0. The Bertz CT molecular complexity index is 771. The number of hydrogen-bond acceptors (Lipinski definition) is 3. The Kier molecular flexibility index (Phi) is 9.73. The van der Waals surface area contributed by atoms with Gasteiger partial charge in [-0.05, 0) is 73.7 Å². The van der Waals surface area contributed by atoms with Gasteiger partial charge in [-0.15, -0.1) is 24.0 Å². The van der Waals surface area contributed by atoms with Crippen LogP contribution in [0.15, 0.2) is 53.5 Å². The van der Waals surface area contributed by atoms with Gasteiger partial charge in [-0.2, -0.15) is 0 Å². The third kappa shape index (κ3) is 7.51. The van der Waals surface area contributed by atoms with E-state index in [1.165, 1.54) is 11.1 Å². The number of piperidine rings is 1. The molecule has 1 aliphatic heterocycles. The van der Waals surface area contributed by atoms with Gasteiger partial charge in [0.05, 0.1) is 7.11 Å². The van der Waals surface area contributed by atoms with Crippen molar-refractivity contribution in [3.63, 3.8) is 0 Å². The smallest absolute Gasteiger partial charge is 0.193 e. The Morgan fingerprint density at radius 3 is 2.52 bits per heavy atom. The molecule has 0 amide bonds. The molecule has 2 aromatic carbocycles. The molecule has 29 heavy (non-hydrogen) atoms. The molecule has 1 saturated heterocycles. The van der Waals surface area contributed by atoms with Gasteiger partial charge in [0, 0.05) is 18.8 Å².